The maximum absolute atomic E-state index is 13.1. The second-order valence-electron chi connectivity index (χ2n) is 8.09. The molecule has 0 aliphatic carbocycles. The Morgan fingerprint density at radius 3 is 2.82 bits per heavy atom. The molecule has 0 spiro atoms. The number of morpholine rings is 1. The quantitative estimate of drug-likeness (QED) is 0.762. The van der Waals surface area contributed by atoms with Gasteiger partial charge in [0.15, 0.2) is 0 Å². The smallest absolute Gasteiger partial charge is 0.230 e. The third-order valence-corrected chi connectivity index (χ3v) is 6.19. The minimum atomic E-state index is -0.383. The summed E-state index contributed by atoms with van der Waals surface area (Å²) < 4.78 is 11.1. The minimum absolute atomic E-state index is 0.165. The number of amides is 1. The molecule has 2 atom stereocenters. The van der Waals surface area contributed by atoms with Crippen LogP contribution in [0.2, 0.25) is 0 Å². The number of carbonyl (C=O) groups excluding carboxylic acids is 1. The Bertz CT molecular complexity index is 675. The summed E-state index contributed by atoms with van der Waals surface area (Å²) in [5.74, 6) is 0.457. The van der Waals surface area contributed by atoms with E-state index in [9.17, 15) is 4.79 Å². The van der Waals surface area contributed by atoms with Crippen LogP contribution in [0, 0.1) is 11.3 Å². The van der Waals surface area contributed by atoms with E-state index in [0.29, 0.717) is 25.7 Å². The number of likely N-dealkylation sites (tertiary alicyclic amines) is 1. The van der Waals surface area contributed by atoms with Crippen LogP contribution in [0.3, 0.4) is 0 Å². The van der Waals surface area contributed by atoms with Crippen LogP contribution in [0.1, 0.15) is 5.56 Å². The molecule has 0 aromatic heterocycles. The van der Waals surface area contributed by atoms with Crippen molar-refractivity contribution in [1.29, 1.82) is 0 Å². The van der Waals surface area contributed by atoms with Crippen LogP contribution in [-0.4, -0.2) is 87.9 Å². The molecule has 0 bridgehead atoms. The minimum Gasteiger partial charge on any atom is -0.380 e. The van der Waals surface area contributed by atoms with Crippen LogP contribution < -0.4 is 5.32 Å². The van der Waals surface area contributed by atoms with Crippen molar-refractivity contribution < 1.29 is 14.3 Å². The Morgan fingerprint density at radius 1 is 1.18 bits per heavy atom. The number of hydrogen-bond acceptors (Lipinski definition) is 5. The largest absolute Gasteiger partial charge is 0.380 e. The van der Waals surface area contributed by atoms with Gasteiger partial charge in [0.1, 0.15) is 0 Å². The number of fused-ring (bicyclic) bond motifs is 1. The number of carbonyl (C=O) groups is 1. The lowest BCUT2D eigenvalue weighted by Crippen LogP contribution is -2.49. The van der Waals surface area contributed by atoms with Crippen molar-refractivity contribution >= 4 is 12.0 Å². The van der Waals surface area contributed by atoms with Gasteiger partial charge in [-0.25, -0.2) is 0 Å². The van der Waals surface area contributed by atoms with Crippen molar-refractivity contribution in [2.24, 2.45) is 11.3 Å². The first-order chi connectivity index (χ1) is 13.8. The van der Waals surface area contributed by atoms with Crippen molar-refractivity contribution in [3.63, 3.8) is 0 Å². The van der Waals surface area contributed by atoms with Gasteiger partial charge in [-0.1, -0.05) is 42.5 Å². The fraction of sp³-hybridized carbons (Fsp3) is 0.591. The fourth-order valence-electron chi connectivity index (χ4n) is 4.53. The molecule has 6 nitrogen and oxygen atoms in total. The van der Waals surface area contributed by atoms with Crippen molar-refractivity contribution in [2.45, 2.75) is 0 Å². The molecule has 1 N–H and O–H groups in total. The van der Waals surface area contributed by atoms with Crippen LogP contribution in [-0.2, 0) is 14.3 Å². The SMILES string of the molecule is O=C(NCCN1CCOCC1)[C@]12COC[C@H]1CN(CC=Cc1ccccc1)C2. The van der Waals surface area contributed by atoms with E-state index < -0.39 is 0 Å². The van der Waals surface area contributed by atoms with Crippen LogP contribution >= 0.6 is 0 Å². The number of benzene rings is 1. The van der Waals surface area contributed by atoms with Crippen molar-refractivity contribution in [3.8, 4) is 0 Å². The third-order valence-electron chi connectivity index (χ3n) is 6.19. The molecule has 0 unspecified atom stereocenters. The summed E-state index contributed by atoms with van der Waals surface area (Å²) in [6, 6.07) is 10.3. The molecule has 3 saturated heterocycles. The number of ether oxygens (including phenoxy) is 2. The van der Waals surface area contributed by atoms with E-state index >= 15 is 0 Å². The first kappa shape index (κ1) is 19.6. The summed E-state index contributed by atoms with van der Waals surface area (Å²) >= 11 is 0. The van der Waals surface area contributed by atoms with E-state index in [2.05, 4.69) is 39.4 Å². The summed E-state index contributed by atoms with van der Waals surface area (Å²) in [5.41, 5.74) is 0.826. The molecule has 1 aromatic carbocycles. The van der Waals surface area contributed by atoms with Gasteiger partial charge in [-0.3, -0.25) is 14.6 Å². The predicted molar refractivity (Wildman–Crippen MR) is 109 cm³/mol. The Kier molecular flexibility index (Phi) is 6.42. The highest BCUT2D eigenvalue weighted by Crippen LogP contribution is 2.41. The van der Waals surface area contributed by atoms with Crippen LogP contribution in [0.25, 0.3) is 6.08 Å². The average molecular weight is 386 g/mol. The van der Waals surface area contributed by atoms with Crippen molar-refractivity contribution in [1.82, 2.24) is 15.1 Å². The van der Waals surface area contributed by atoms with Gasteiger partial charge >= 0.3 is 0 Å². The molecular formula is C22H31N3O3. The van der Waals surface area contributed by atoms with Crippen LogP contribution in [0.4, 0.5) is 0 Å². The van der Waals surface area contributed by atoms with E-state index in [1.165, 1.54) is 5.56 Å². The van der Waals surface area contributed by atoms with E-state index in [1.807, 2.05) is 18.2 Å². The summed E-state index contributed by atoms with van der Waals surface area (Å²) in [6.45, 7) is 8.88. The second-order valence-corrected chi connectivity index (χ2v) is 8.09. The van der Waals surface area contributed by atoms with Gasteiger partial charge in [0.2, 0.25) is 5.91 Å². The molecule has 1 aromatic rings. The predicted octanol–water partition coefficient (Wildman–Crippen LogP) is 1.10. The summed E-state index contributed by atoms with van der Waals surface area (Å²) in [5, 5.41) is 3.19. The van der Waals surface area contributed by atoms with E-state index in [1.54, 1.807) is 0 Å². The molecule has 4 rings (SSSR count). The highest BCUT2D eigenvalue weighted by Gasteiger charge is 2.55. The molecule has 3 heterocycles. The molecule has 6 heteroatoms. The standard InChI is InChI=1S/C22H31N3O3/c26-21(23-8-10-24-11-13-27-14-12-24)22-17-25(15-20(22)16-28-18-22)9-4-7-19-5-2-1-3-6-19/h1-7,20H,8-18H2,(H,23,26)/t20-,22-/m1/s1. The Balaban J connectivity index is 1.28. The van der Waals surface area contributed by atoms with Gasteiger partial charge in [0.25, 0.3) is 0 Å². The third kappa shape index (κ3) is 4.46. The lowest BCUT2D eigenvalue weighted by atomic mass is 9.80. The topological polar surface area (TPSA) is 54.0 Å². The molecule has 3 fully saturated rings. The monoisotopic (exact) mass is 385 g/mol. The first-order valence-electron chi connectivity index (χ1n) is 10.4. The molecule has 3 aliphatic rings. The van der Waals surface area contributed by atoms with E-state index in [4.69, 9.17) is 9.47 Å². The average Bonchev–Trinajstić information content (AvgIpc) is 3.28. The Morgan fingerprint density at radius 2 is 2.00 bits per heavy atom. The van der Waals surface area contributed by atoms with Gasteiger partial charge < -0.3 is 14.8 Å². The summed E-state index contributed by atoms with van der Waals surface area (Å²) in [7, 11) is 0. The normalized spacial score (nSPS) is 28.6. The Labute approximate surface area is 167 Å². The van der Waals surface area contributed by atoms with Gasteiger partial charge in [-0.05, 0) is 5.56 Å². The highest BCUT2D eigenvalue weighted by atomic mass is 16.5. The maximum Gasteiger partial charge on any atom is 0.230 e. The van der Waals surface area contributed by atoms with E-state index in [0.717, 1.165) is 52.5 Å². The summed E-state index contributed by atoms with van der Waals surface area (Å²) in [6.07, 6.45) is 4.35. The van der Waals surface area contributed by atoms with Crippen LogP contribution in [0.15, 0.2) is 36.4 Å². The molecule has 0 saturated carbocycles. The van der Waals surface area contributed by atoms with Gasteiger partial charge in [-0.15, -0.1) is 0 Å². The number of hydrogen-bond donors (Lipinski definition) is 1. The highest BCUT2D eigenvalue weighted by molar-refractivity contribution is 5.84. The zero-order valence-electron chi connectivity index (χ0n) is 16.5. The molecule has 3 aliphatic heterocycles. The van der Waals surface area contributed by atoms with Gasteiger partial charge in [-0.2, -0.15) is 0 Å². The van der Waals surface area contributed by atoms with Gasteiger partial charge in [0.05, 0.1) is 31.8 Å². The Hall–Kier alpha value is -1.73. The number of nitrogens with one attached hydrogen (secondary N) is 1. The fourth-order valence-corrected chi connectivity index (χ4v) is 4.53. The maximum atomic E-state index is 13.1. The van der Waals surface area contributed by atoms with Gasteiger partial charge in [0, 0.05) is 51.7 Å². The van der Waals surface area contributed by atoms with Crippen LogP contribution in [0.5, 0.6) is 0 Å². The zero-order valence-corrected chi connectivity index (χ0v) is 16.5. The molecule has 152 valence electrons. The molecular weight excluding hydrogens is 354 g/mol. The van der Waals surface area contributed by atoms with E-state index in [-0.39, 0.29) is 11.3 Å². The first-order valence-corrected chi connectivity index (χ1v) is 10.4. The summed E-state index contributed by atoms with van der Waals surface area (Å²) in [4.78, 5) is 17.8. The second kappa shape index (κ2) is 9.18. The molecule has 28 heavy (non-hydrogen) atoms. The van der Waals surface area contributed by atoms with Crippen molar-refractivity contribution in [2.75, 3.05) is 72.2 Å². The molecule has 0 radical (unpaired) electrons. The lowest BCUT2D eigenvalue weighted by molar-refractivity contribution is -0.131. The number of rotatable bonds is 7. The molecule has 1 amide bonds. The number of nitrogens with zero attached hydrogens (tertiary/aromatic N) is 2. The zero-order chi connectivity index (χ0) is 19.2. The lowest BCUT2D eigenvalue weighted by Gasteiger charge is -2.29. The van der Waals surface area contributed by atoms with Crippen molar-refractivity contribution in [3.05, 3.63) is 42.0 Å².